The standard InChI is InChI=1S/C15H16N4O2/c1-9-4-2-3-5-13(9)10-6-11(8-12(20)7-10)17-15-14(16)18-21-19-15/h2-5,8,10H,6-7H2,1H3,(H2,16,18)(H,17,19)/t10-/m1/s1. The summed E-state index contributed by atoms with van der Waals surface area (Å²) in [6, 6.07) is 8.13. The maximum atomic E-state index is 12.0. The van der Waals surface area contributed by atoms with Crippen LogP contribution in [0.5, 0.6) is 0 Å². The summed E-state index contributed by atoms with van der Waals surface area (Å²) < 4.78 is 4.54. The van der Waals surface area contributed by atoms with Gasteiger partial charge in [0.2, 0.25) is 11.6 Å². The molecule has 3 rings (SSSR count). The molecule has 0 aliphatic heterocycles. The van der Waals surface area contributed by atoms with Crippen molar-refractivity contribution in [3.8, 4) is 0 Å². The summed E-state index contributed by atoms with van der Waals surface area (Å²) in [5.41, 5.74) is 8.79. The number of carbonyl (C=O) groups is 1. The number of carbonyl (C=O) groups excluding carboxylic acids is 1. The van der Waals surface area contributed by atoms with Crippen molar-refractivity contribution in [3.05, 3.63) is 47.2 Å². The second kappa shape index (κ2) is 5.40. The maximum Gasteiger partial charge on any atom is 0.219 e. The highest BCUT2D eigenvalue weighted by molar-refractivity contribution is 5.92. The molecule has 0 bridgehead atoms. The number of rotatable bonds is 3. The molecule has 0 amide bonds. The Balaban J connectivity index is 1.83. The zero-order chi connectivity index (χ0) is 14.8. The summed E-state index contributed by atoms with van der Waals surface area (Å²) >= 11 is 0. The number of aryl methyl sites for hydroxylation is 1. The van der Waals surface area contributed by atoms with E-state index in [0.717, 1.165) is 12.1 Å². The van der Waals surface area contributed by atoms with Gasteiger partial charge in [-0.15, -0.1) is 0 Å². The van der Waals surface area contributed by atoms with Crippen LogP contribution in [0.15, 0.2) is 40.7 Å². The molecule has 2 aromatic rings. The molecular weight excluding hydrogens is 268 g/mol. The van der Waals surface area contributed by atoms with Gasteiger partial charge in [-0.05, 0) is 40.7 Å². The van der Waals surface area contributed by atoms with E-state index in [4.69, 9.17) is 5.73 Å². The van der Waals surface area contributed by atoms with Gasteiger partial charge in [-0.2, -0.15) is 0 Å². The van der Waals surface area contributed by atoms with Crippen LogP contribution in [-0.4, -0.2) is 16.1 Å². The highest BCUT2D eigenvalue weighted by atomic mass is 16.6. The Labute approximate surface area is 122 Å². The topological polar surface area (TPSA) is 94.0 Å². The molecule has 1 heterocycles. The molecule has 1 aromatic carbocycles. The molecule has 6 nitrogen and oxygen atoms in total. The molecular formula is C15H16N4O2. The first-order chi connectivity index (χ1) is 10.1. The summed E-state index contributed by atoms with van der Waals surface area (Å²) in [4.78, 5) is 12.0. The van der Waals surface area contributed by atoms with Crippen LogP contribution in [0, 0.1) is 6.92 Å². The van der Waals surface area contributed by atoms with Crippen LogP contribution in [0.1, 0.15) is 29.9 Å². The van der Waals surface area contributed by atoms with E-state index in [0.29, 0.717) is 12.2 Å². The molecule has 0 radical (unpaired) electrons. The molecule has 0 saturated carbocycles. The van der Waals surface area contributed by atoms with E-state index in [-0.39, 0.29) is 17.5 Å². The number of nitrogen functional groups attached to an aromatic ring is 1. The molecule has 0 fully saturated rings. The maximum absolute atomic E-state index is 12.0. The van der Waals surface area contributed by atoms with E-state index in [1.807, 2.05) is 12.1 Å². The lowest BCUT2D eigenvalue weighted by molar-refractivity contribution is -0.115. The Morgan fingerprint density at radius 3 is 2.81 bits per heavy atom. The molecule has 3 N–H and O–H groups in total. The lowest BCUT2D eigenvalue weighted by Gasteiger charge is -2.24. The first-order valence-electron chi connectivity index (χ1n) is 6.77. The van der Waals surface area contributed by atoms with Gasteiger partial charge in [0.05, 0.1) is 0 Å². The molecule has 6 heteroatoms. The number of ketones is 1. The van der Waals surface area contributed by atoms with Gasteiger partial charge in [-0.1, -0.05) is 24.3 Å². The van der Waals surface area contributed by atoms with Crippen molar-refractivity contribution in [2.45, 2.75) is 25.7 Å². The largest absolute Gasteiger partial charge is 0.378 e. The van der Waals surface area contributed by atoms with Crippen molar-refractivity contribution in [1.29, 1.82) is 0 Å². The van der Waals surface area contributed by atoms with Gasteiger partial charge < -0.3 is 11.1 Å². The van der Waals surface area contributed by atoms with Gasteiger partial charge in [-0.25, -0.2) is 4.63 Å². The highest BCUT2D eigenvalue weighted by Gasteiger charge is 2.24. The van der Waals surface area contributed by atoms with Gasteiger partial charge in [-0.3, -0.25) is 4.79 Å². The van der Waals surface area contributed by atoms with Gasteiger partial charge in [0.15, 0.2) is 5.78 Å². The first kappa shape index (κ1) is 13.4. The van der Waals surface area contributed by atoms with Crippen molar-refractivity contribution < 1.29 is 9.42 Å². The number of nitrogens with two attached hydrogens (primary N) is 1. The number of nitrogens with one attached hydrogen (secondary N) is 1. The van der Waals surface area contributed by atoms with E-state index in [9.17, 15) is 4.79 Å². The number of nitrogens with zero attached hydrogens (tertiary/aromatic N) is 2. The number of hydrogen-bond acceptors (Lipinski definition) is 6. The number of benzene rings is 1. The fraction of sp³-hybridized carbons (Fsp3) is 0.267. The average molecular weight is 284 g/mol. The van der Waals surface area contributed by atoms with E-state index >= 15 is 0 Å². The molecule has 1 aliphatic carbocycles. The van der Waals surface area contributed by atoms with E-state index < -0.39 is 0 Å². The minimum Gasteiger partial charge on any atom is -0.378 e. The van der Waals surface area contributed by atoms with Crippen molar-refractivity contribution in [2.75, 3.05) is 11.1 Å². The van der Waals surface area contributed by atoms with Crippen LogP contribution in [0.3, 0.4) is 0 Å². The Hall–Kier alpha value is -2.63. The minimum atomic E-state index is 0.0898. The van der Waals surface area contributed by atoms with Crippen LogP contribution in [0.4, 0.5) is 11.6 Å². The van der Waals surface area contributed by atoms with Crippen molar-refractivity contribution in [3.63, 3.8) is 0 Å². The van der Waals surface area contributed by atoms with Crippen LogP contribution < -0.4 is 11.1 Å². The second-order valence-electron chi connectivity index (χ2n) is 5.22. The number of hydrogen-bond donors (Lipinski definition) is 2. The van der Waals surface area contributed by atoms with Crippen LogP contribution >= 0.6 is 0 Å². The lowest BCUT2D eigenvalue weighted by atomic mass is 9.83. The number of aromatic nitrogens is 2. The molecule has 1 aromatic heterocycles. The summed E-state index contributed by atoms with van der Waals surface area (Å²) in [6.07, 6.45) is 2.84. The monoisotopic (exact) mass is 284 g/mol. The zero-order valence-corrected chi connectivity index (χ0v) is 11.7. The van der Waals surface area contributed by atoms with Crippen LogP contribution in [0.25, 0.3) is 0 Å². The lowest BCUT2D eigenvalue weighted by Crippen LogP contribution is -2.17. The van der Waals surface area contributed by atoms with Crippen molar-refractivity contribution in [1.82, 2.24) is 10.3 Å². The minimum absolute atomic E-state index is 0.0898. The average Bonchev–Trinajstić information content (AvgIpc) is 2.84. The summed E-state index contributed by atoms with van der Waals surface area (Å²) in [5.74, 6) is 0.778. The highest BCUT2D eigenvalue weighted by Crippen LogP contribution is 2.33. The number of allylic oxidation sites excluding steroid dienone is 2. The van der Waals surface area contributed by atoms with E-state index in [1.54, 1.807) is 6.08 Å². The summed E-state index contributed by atoms with van der Waals surface area (Å²) in [6.45, 7) is 2.06. The Kier molecular flexibility index (Phi) is 3.43. The normalized spacial score (nSPS) is 18.4. The number of anilines is 2. The predicted octanol–water partition coefficient (Wildman–Crippen LogP) is 2.40. The van der Waals surface area contributed by atoms with Crippen LogP contribution in [-0.2, 0) is 4.79 Å². The van der Waals surface area contributed by atoms with Gasteiger partial charge in [0.1, 0.15) is 0 Å². The van der Waals surface area contributed by atoms with Gasteiger partial charge in [0.25, 0.3) is 0 Å². The van der Waals surface area contributed by atoms with Gasteiger partial charge in [0, 0.05) is 18.2 Å². The summed E-state index contributed by atoms with van der Waals surface area (Å²) in [5, 5.41) is 10.2. The second-order valence-corrected chi connectivity index (χ2v) is 5.22. The first-order valence-corrected chi connectivity index (χ1v) is 6.77. The molecule has 0 unspecified atom stereocenters. The molecule has 21 heavy (non-hydrogen) atoms. The Bertz CT molecular complexity index is 705. The molecule has 0 saturated heterocycles. The third kappa shape index (κ3) is 2.79. The fourth-order valence-electron chi connectivity index (χ4n) is 2.68. The fourth-order valence-corrected chi connectivity index (χ4v) is 2.68. The Morgan fingerprint density at radius 2 is 2.10 bits per heavy atom. The van der Waals surface area contributed by atoms with E-state index in [1.165, 1.54) is 11.1 Å². The Morgan fingerprint density at radius 1 is 1.29 bits per heavy atom. The third-order valence-corrected chi connectivity index (χ3v) is 3.67. The van der Waals surface area contributed by atoms with Crippen molar-refractivity contribution >= 4 is 17.4 Å². The van der Waals surface area contributed by atoms with Gasteiger partial charge >= 0.3 is 0 Å². The quantitative estimate of drug-likeness (QED) is 0.898. The third-order valence-electron chi connectivity index (χ3n) is 3.67. The van der Waals surface area contributed by atoms with E-state index in [2.05, 4.69) is 39.3 Å². The smallest absolute Gasteiger partial charge is 0.219 e. The SMILES string of the molecule is Cc1ccccc1[C@H]1CC(=O)C=C(Nc2nonc2N)C1. The molecule has 0 spiro atoms. The molecule has 1 aliphatic rings. The van der Waals surface area contributed by atoms with Crippen molar-refractivity contribution in [2.24, 2.45) is 0 Å². The molecule has 108 valence electrons. The molecule has 1 atom stereocenters. The van der Waals surface area contributed by atoms with Crippen LogP contribution in [0.2, 0.25) is 0 Å². The predicted molar refractivity (Wildman–Crippen MR) is 78.6 cm³/mol. The summed E-state index contributed by atoms with van der Waals surface area (Å²) in [7, 11) is 0. The zero-order valence-electron chi connectivity index (χ0n) is 11.7.